The lowest BCUT2D eigenvalue weighted by Gasteiger charge is -2.39. The Kier molecular flexibility index (Phi) is 35.1. The van der Waals surface area contributed by atoms with Crippen LogP contribution in [0.1, 0.15) is 220 Å². The van der Waals surface area contributed by atoms with Crippen molar-refractivity contribution in [3.05, 3.63) is 6.20 Å². The number of carbonyl (C=O) groups excluding carboxylic acids is 4. The third-order valence-electron chi connectivity index (χ3n) is 12.3. The number of anilines is 1. The molecule has 1 aliphatic rings. The van der Waals surface area contributed by atoms with E-state index in [0.717, 1.165) is 68.9 Å². The fourth-order valence-corrected chi connectivity index (χ4v) is 9.15. The SMILES string of the molecule is CCCCCCCCCCCC(=O)N[C@H](CSC[C@@H](COC(=O)CCCCCCCCCCC)OC(=O)CCCCCCCCCCC)C(=O)Nc1cn([C@H]2OC(CO)C(O)C(O)C2O)nn1. The predicted octanol–water partition coefficient (Wildman–Crippen LogP) is 8.62. The first-order valence-corrected chi connectivity index (χ1v) is 27.4. The summed E-state index contributed by atoms with van der Waals surface area (Å²) in [6.07, 6.45) is 24.0. The molecule has 0 saturated carbocycles. The van der Waals surface area contributed by atoms with E-state index in [1.165, 1.54) is 114 Å². The molecule has 0 aromatic carbocycles. The highest BCUT2D eigenvalue weighted by atomic mass is 32.2. The first-order chi connectivity index (χ1) is 32.5. The van der Waals surface area contributed by atoms with Crippen molar-refractivity contribution in [2.75, 3.05) is 30.0 Å². The van der Waals surface area contributed by atoms with Crippen molar-refractivity contribution in [2.24, 2.45) is 0 Å². The van der Waals surface area contributed by atoms with Gasteiger partial charge < -0.3 is 45.3 Å². The fraction of sp³-hybridized carbons (Fsp3) is 0.880. The molecule has 0 aliphatic carbocycles. The Labute approximate surface area is 406 Å². The number of thioether (sulfide) groups is 1. The number of rotatable bonds is 42. The van der Waals surface area contributed by atoms with Gasteiger partial charge in [0, 0.05) is 30.8 Å². The Hall–Kier alpha value is -2.83. The van der Waals surface area contributed by atoms with Crippen molar-refractivity contribution in [3.8, 4) is 0 Å². The summed E-state index contributed by atoms with van der Waals surface area (Å²) >= 11 is 1.28. The fourth-order valence-electron chi connectivity index (χ4n) is 8.11. The van der Waals surface area contributed by atoms with Gasteiger partial charge in [-0.05, 0) is 19.3 Å². The Balaban J connectivity index is 2.06. The van der Waals surface area contributed by atoms with E-state index in [4.69, 9.17) is 14.2 Å². The van der Waals surface area contributed by atoms with Crippen LogP contribution < -0.4 is 10.6 Å². The highest BCUT2D eigenvalue weighted by Gasteiger charge is 2.45. The van der Waals surface area contributed by atoms with Crippen LogP contribution in [0.15, 0.2) is 6.20 Å². The van der Waals surface area contributed by atoms with E-state index in [-0.39, 0.29) is 61.0 Å². The van der Waals surface area contributed by atoms with Crippen molar-refractivity contribution >= 4 is 41.3 Å². The maximum absolute atomic E-state index is 13.8. The van der Waals surface area contributed by atoms with Crippen LogP contribution in [0.25, 0.3) is 0 Å². The van der Waals surface area contributed by atoms with Gasteiger partial charge in [0.05, 0.1) is 12.8 Å². The third-order valence-corrected chi connectivity index (χ3v) is 13.5. The predicted molar refractivity (Wildman–Crippen MR) is 263 cm³/mol. The van der Waals surface area contributed by atoms with Crippen LogP contribution in [0, 0.1) is 0 Å². The molecule has 4 unspecified atom stereocenters. The molecule has 1 saturated heterocycles. The summed E-state index contributed by atoms with van der Waals surface area (Å²) in [5.41, 5.74) is 0. The molecule has 1 fully saturated rings. The highest BCUT2D eigenvalue weighted by Crippen LogP contribution is 2.28. The first-order valence-electron chi connectivity index (χ1n) is 26.3. The molecule has 1 aromatic rings. The molecule has 6 N–H and O–H groups in total. The zero-order chi connectivity index (χ0) is 48.9. The first kappa shape index (κ1) is 60.3. The lowest BCUT2D eigenvalue weighted by molar-refractivity contribution is -0.254. The molecule has 2 rings (SSSR count). The summed E-state index contributed by atoms with van der Waals surface area (Å²) in [5, 5.41) is 54.1. The van der Waals surface area contributed by atoms with Gasteiger partial charge in [-0.1, -0.05) is 180 Å². The molecule has 7 atom stereocenters. The molecule has 2 amide bonds. The van der Waals surface area contributed by atoms with Gasteiger partial charge in [-0.3, -0.25) is 19.2 Å². The number of esters is 2. The van der Waals surface area contributed by atoms with Gasteiger partial charge in [-0.15, -0.1) is 5.10 Å². The third kappa shape index (κ3) is 27.8. The summed E-state index contributed by atoms with van der Waals surface area (Å²) in [7, 11) is 0. The number of amides is 2. The molecule has 388 valence electrons. The Morgan fingerprint density at radius 3 is 1.64 bits per heavy atom. The zero-order valence-electron chi connectivity index (χ0n) is 41.6. The quantitative estimate of drug-likeness (QED) is 0.0266. The molecular weight excluding hydrogens is 879 g/mol. The molecule has 1 aromatic heterocycles. The van der Waals surface area contributed by atoms with Crippen molar-refractivity contribution < 1.29 is 53.8 Å². The summed E-state index contributed by atoms with van der Waals surface area (Å²) in [5.74, 6) is -1.33. The van der Waals surface area contributed by atoms with Crippen molar-refractivity contribution in [1.82, 2.24) is 20.3 Å². The monoisotopic (exact) mass is 970 g/mol. The average molecular weight is 970 g/mol. The number of hydrogen-bond donors (Lipinski definition) is 6. The molecule has 0 radical (unpaired) electrons. The van der Waals surface area contributed by atoms with Gasteiger partial charge in [0.15, 0.2) is 12.0 Å². The van der Waals surface area contributed by atoms with Crippen LogP contribution in [-0.4, -0.2) is 120 Å². The van der Waals surface area contributed by atoms with Gasteiger partial charge in [0.25, 0.3) is 0 Å². The second kappa shape index (κ2) is 39.0. The second-order valence-corrected chi connectivity index (χ2v) is 19.6. The number of hydrogen-bond acceptors (Lipinski definition) is 14. The summed E-state index contributed by atoms with van der Waals surface area (Å²) in [6.45, 7) is 5.87. The highest BCUT2D eigenvalue weighted by molar-refractivity contribution is 7.99. The van der Waals surface area contributed by atoms with Gasteiger partial charge in [-0.2, -0.15) is 11.8 Å². The van der Waals surface area contributed by atoms with E-state index in [1.807, 2.05) is 0 Å². The van der Waals surface area contributed by atoms with Crippen molar-refractivity contribution in [1.29, 1.82) is 0 Å². The molecule has 17 heteroatoms. The lowest BCUT2D eigenvalue weighted by Crippen LogP contribution is -2.56. The van der Waals surface area contributed by atoms with E-state index in [1.54, 1.807) is 0 Å². The number of ether oxygens (including phenoxy) is 3. The summed E-state index contributed by atoms with van der Waals surface area (Å²) in [6, 6.07) is -1.04. The molecule has 0 spiro atoms. The minimum Gasteiger partial charge on any atom is -0.462 e. The van der Waals surface area contributed by atoms with Gasteiger partial charge >= 0.3 is 11.9 Å². The van der Waals surface area contributed by atoms with Gasteiger partial charge in [0.2, 0.25) is 11.8 Å². The number of aliphatic hydroxyl groups excluding tert-OH is 4. The maximum atomic E-state index is 13.8. The topological polar surface area (TPSA) is 232 Å². The van der Waals surface area contributed by atoms with Crippen LogP contribution in [-0.2, 0) is 33.4 Å². The van der Waals surface area contributed by atoms with E-state index in [2.05, 4.69) is 41.7 Å². The number of aliphatic hydroxyl groups is 4. The normalized spacial score (nSPS) is 19.2. The maximum Gasteiger partial charge on any atom is 0.306 e. The minimum atomic E-state index is -1.64. The molecule has 16 nitrogen and oxygen atoms in total. The zero-order valence-corrected chi connectivity index (χ0v) is 42.4. The van der Waals surface area contributed by atoms with Crippen LogP contribution in [0.5, 0.6) is 0 Å². The van der Waals surface area contributed by atoms with Crippen molar-refractivity contribution in [3.63, 3.8) is 0 Å². The van der Waals surface area contributed by atoms with Crippen LogP contribution in [0.2, 0.25) is 0 Å². The van der Waals surface area contributed by atoms with E-state index in [9.17, 15) is 39.6 Å². The van der Waals surface area contributed by atoms with E-state index >= 15 is 0 Å². The number of nitrogens with zero attached hydrogens (tertiary/aromatic N) is 3. The largest absolute Gasteiger partial charge is 0.462 e. The smallest absolute Gasteiger partial charge is 0.306 e. The van der Waals surface area contributed by atoms with Crippen LogP contribution >= 0.6 is 11.8 Å². The van der Waals surface area contributed by atoms with E-state index in [0.29, 0.717) is 12.8 Å². The Morgan fingerprint density at radius 1 is 0.657 bits per heavy atom. The van der Waals surface area contributed by atoms with E-state index < -0.39 is 55.3 Å². The Morgan fingerprint density at radius 2 is 1.13 bits per heavy atom. The number of nitrogens with one attached hydrogen (secondary N) is 2. The van der Waals surface area contributed by atoms with Crippen LogP contribution in [0.4, 0.5) is 5.82 Å². The molecule has 67 heavy (non-hydrogen) atoms. The van der Waals surface area contributed by atoms with Crippen LogP contribution in [0.3, 0.4) is 0 Å². The second-order valence-electron chi connectivity index (χ2n) is 18.5. The van der Waals surface area contributed by atoms with Gasteiger partial charge in [-0.25, -0.2) is 4.68 Å². The molecule has 1 aliphatic heterocycles. The molecule has 0 bridgehead atoms. The standard InChI is InChI=1S/C50H91N5O11S/c1-4-7-10-13-16-19-22-25-28-31-43(57)51-40(49(63)52-42-34-55(54-53-42)50-48(62)47(61)46(60)41(35-56)66-50)38-67-37-39(65-45(59)33-30-27-24-21-18-15-12-9-6-3)36-64-44(58)32-29-26-23-20-17-14-11-8-5-2/h34,39-41,46-48,50,56,60-62H,4-33,35-38H2,1-3H3,(H,51,57)(H,52,63)/t39-,40-,41?,46?,47?,48?,50+/m1/s1. The lowest BCUT2D eigenvalue weighted by atomic mass is 9.98. The minimum absolute atomic E-state index is 0.0349. The molecule has 2 heterocycles. The number of aromatic nitrogens is 3. The van der Waals surface area contributed by atoms with Crippen molar-refractivity contribution in [2.45, 2.75) is 256 Å². The summed E-state index contributed by atoms with van der Waals surface area (Å²) < 4.78 is 18.1. The number of unbranched alkanes of at least 4 members (excludes halogenated alkanes) is 24. The van der Waals surface area contributed by atoms with Gasteiger partial charge in [0.1, 0.15) is 43.2 Å². The number of carbonyl (C=O) groups is 4. The average Bonchev–Trinajstić information content (AvgIpc) is 3.78. The summed E-state index contributed by atoms with van der Waals surface area (Å²) in [4.78, 5) is 52.9. The Bertz CT molecular complexity index is 1440. The molecular formula is C50H91N5O11S.